The van der Waals surface area contributed by atoms with Gasteiger partial charge < -0.3 is 4.90 Å². The number of carbonyl (C=O) groups is 1. The molecule has 1 aliphatic rings. The summed E-state index contributed by atoms with van der Waals surface area (Å²) in [5.74, 6) is -0.127. The van der Waals surface area contributed by atoms with Crippen molar-refractivity contribution in [3.05, 3.63) is 77.9 Å². The molecule has 31 heavy (non-hydrogen) atoms. The average Bonchev–Trinajstić information content (AvgIpc) is 2.77. The van der Waals surface area contributed by atoms with Crippen LogP contribution in [0, 0.1) is 0 Å². The Labute approximate surface area is 185 Å². The maximum atomic E-state index is 12.8. The summed E-state index contributed by atoms with van der Waals surface area (Å²) in [6.07, 6.45) is 6.00. The van der Waals surface area contributed by atoms with E-state index in [1.165, 1.54) is 16.1 Å². The molecule has 0 aromatic heterocycles. The molecule has 1 heterocycles. The average molecular weight is 442 g/mol. The summed E-state index contributed by atoms with van der Waals surface area (Å²) < 4.78 is 25.7. The van der Waals surface area contributed by atoms with Crippen LogP contribution in [0.5, 0.6) is 0 Å². The number of hydrogen-bond acceptors (Lipinski definition) is 4. The van der Waals surface area contributed by atoms with E-state index >= 15 is 0 Å². The molecule has 2 aromatic carbocycles. The molecular weight excluding hydrogens is 410 g/mol. The molecule has 6 nitrogen and oxygen atoms in total. The number of piperazine rings is 1. The van der Waals surface area contributed by atoms with Crippen LogP contribution in [0.15, 0.2) is 66.7 Å². The molecule has 0 aliphatic carbocycles. The van der Waals surface area contributed by atoms with Crippen molar-refractivity contribution in [3.8, 4) is 0 Å². The molecule has 3 rings (SSSR count). The van der Waals surface area contributed by atoms with Crippen molar-refractivity contribution in [1.82, 2.24) is 14.1 Å². The molecule has 1 saturated heterocycles. The van der Waals surface area contributed by atoms with E-state index in [9.17, 15) is 13.2 Å². The Morgan fingerprint density at radius 2 is 1.58 bits per heavy atom. The molecule has 1 amide bonds. The Kier molecular flexibility index (Phi) is 8.40. The fraction of sp³-hybridized carbons (Fsp3) is 0.375. The number of rotatable bonds is 9. The third-order valence-corrected chi connectivity index (χ3v) is 6.72. The molecule has 0 unspecified atom stereocenters. The van der Waals surface area contributed by atoms with Gasteiger partial charge in [0.15, 0.2) is 0 Å². The van der Waals surface area contributed by atoms with Gasteiger partial charge in [-0.2, -0.15) is 4.31 Å². The van der Waals surface area contributed by atoms with Gasteiger partial charge in [0.25, 0.3) is 0 Å². The van der Waals surface area contributed by atoms with Crippen molar-refractivity contribution in [3.63, 3.8) is 0 Å². The zero-order chi connectivity index (χ0) is 22.1. The number of amides is 1. The van der Waals surface area contributed by atoms with Crippen LogP contribution in [0.25, 0.3) is 6.08 Å². The van der Waals surface area contributed by atoms with E-state index in [1.807, 2.05) is 48.5 Å². The van der Waals surface area contributed by atoms with Gasteiger partial charge in [-0.3, -0.25) is 9.69 Å². The van der Waals surface area contributed by atoms with Crippen molar-refractivity contribution >= 4 is 22.0 Å². The van der Waals surface area contributed by atoms with Crippen LogP contribution in [0.3, 0.4) is 0 Å². The molecule has 0 atom stereocenters. The van der Waals surface area contributed by atoms with Gasteiger partial charge in [-0.05, 0) is 17.5 Å². The van der Waals surface area contributed by atoms with Gasteiger partial charge >= 0.3 is 0 Å². The van der Waals surface area contributed by atoms with E-state index in [0.29, 0.717) is 26.1 Å². The first-order chi connectivity index (χ1) is 14.9. The standard InChI is InChI=1S/C24H31N3O3S/c1-31(29,30)27(16-14-23-11-6-3-7-12-23)21-24(28)26-19-17-25(18-20-26)15-8-13-22-9-4-2-5-10-22/h2-13H,14-21H2,1H3/b13-8+. The predicted molar refractivity (Wildman–Crippen MR) is 125 cm³/mol. The fourth-order valence-electron chi connectivity index (χ4n) is 3.59. The van der Waals surface area contributed by atoms with E-state index in [0.717, 1.165) is 25.2 Å². The van der Waals surface area contributed by atoms with Gasteiger partial charge in [0.1, 0.15) is 0 Å². The topological polar surface area (TPSA) is 60.9 Å². The van der Waals surface area contributed by atoms with Crippen LogP contribution in [-0.2, 0) is 21.2 Å². The summed E-state index contributed by atoms with van der Waals surface area (Å²) in [6.45, 7) is 3.85. The number of benzene rings is 2. The highest BCUT2D eigenvalue weighted by molar-refractivity contribution is 7.88. The van der Waals surface area contributed by atoms with Crippen LogP contribution < -0.4 is 0 Å². The van der Waals surface area contributed by atoms with Crippen molar-refractivity contribution in [1.29, 1.82) is 0 Å². The Balaban J connectivity index is 1.46. The third-order valence-electron chi connectivity index (χ3n) is 5.47. The largest absolute Gasteiger partial charge is 0.339 e. The Hall–Kier alpha value is -2.48. The normalized spacial score (nSPS) is 15.6. The molecule has 166 valence electrons. The smallest absolute Gasteiger partial charge is 0.237 e. The maximum Gasteiger partial charge on any atom is 0.237 e. The van der Waals surface area contributed by atoms with Gasteiger partial charge in [-0.25, -0.2) is 8.42 Å². The highest BCUT2D eigenvalue weighted by atomic mass is 32.2. The highest BCUT2D eigenvalue weighted by Gasteiger charge is 2.25. The zero-order valence-corrected chi connectivity index (χ0v) is 18.9. The van der Waals surface area contributed by atoms with Gasteiger partial charge in [0, 0.05) is 39.3 Å². The Bertz CT molecular complexity index is 954. The second-order valence-electron chi connectivity index (χ2n) is 7.83. The van der Waals surface area contributed by atoms with Gasteiger partial charge in [0.2, 0.25) is 15.9 Å². The van der Waals surface area contributed by atoms with Gasteiger partial charge in [-0.15, -0.1) is 0 Å². The maximum absolute atomic E-state index is 12.8. The fourth-order valence-corrected chi connectivity index (χ4v) is 4.36. The first-order valence-electron chi connectivity index (χ1n) is 10.6. The van der Waals surface area contributed by atoms with Crippen LogP contribution in [0.4, 0.5) is 0 Å². The number of hydrogen-bond donors (Lipinski definition) is 0. The van der Waals surface area contributed by atoms with E-state index < -0.39 is 10.0 Å². The highest BCUT2D eigenvalue weighted by Crippen LogP contribution is 2.09. The summed E-state index contributed by atoms with van der Waals surface area (Å²) in [6, 6.07) is 19.9. The lowest BCUT2D eigenvalue weighted by Gasteiger charge is -2.35. The van der Waals surface area contributed by atoms with Crippen LogP contribution in [-0.4, -0.2) is 80.5 Å². The monoisotopic (exact) mass is 441 g/mol. The van der Waals surface area contributed by atoms with Crippen molar-refractivity contribution in [2.45, 2.75) is 6.42 Å². The van der Waals surface area contributed by atoms with Crippen molar-refractivity contribution in [2.24, 2.45) is 0 Å². The van der Waals surface area contributed by atoms with Crippen molar-refractivity contribution < 1.29 is 13.2 Å². The zero-order valence-electron chi connectivity index (χ0n) is 18.1. The lowest BCUT2D eigenvalue weighted by atomic mass is 10.1. The van der Waals surface area contributed by atoms with Gasteiger partial charge in [-0.1, -0.05) is 72.8 Å². The minimum Gasteiger partial charge on any atom is -0.339 e. The summed E-state index contributed by atoms with van der Waals surface area (Å²) in [4.78, 5) is 16.8. The van der Waals surface area contributed by atoms with Gasteiger partial charge in [0.05, 0.1) is 12.8 Å². The number of sulfonamides is 1. The molecule has 0 bridgehead atoms. The first-order valence-corrected chi connectivity index (χ1v) is 12.5. The summed E-state index contributed by atoms with van der Waals surface area (Å²) in [7, 11) is -3.45. The molecule has 0 N–H and O–H groups in total. The molecule has 1 aliphatic heterocycles. The van der Waals surface area contributed by atoms with E-state index in [-0.39, 0.29) is 12.5 Å². The molecule has 2 aromatic rings. The predicted octanol–water partition coefficient (Wildman–Crippen LogP) is 2.35. The SMILES string of the molecule is CS(=O)(=O)N(CCc1ccccc1)CC(=O)N1CCN(C/C=C/c2ccccc2)CC1. The van der Waals surface area contributed by atoms with Crippen LogP contribution >= 0.6 is 0 Å². The van der Waals surface area contributed by atoms with E-state index in [1.54, 1.807) is 4.90 Å². The first kappa shape index (κ1) is 23.2. The Morgan fingerprint density at radius 3 is 2.19 bits per heavy atom. The van der Waals surface area contributed by atoms with E-state index in [4.69, 9.17) is 0 Å². The number of carbonyl (C=O) groups excluding carboxylic acids is 1. The minimum absolute atomic E-state index is 0.0976. The number of nitrogens with zero attached hydrogens (tertiary/aromatic N) is 3. The molecular formula is C24H31N3O3S. The minimum atomic E-state index is -3.45. The second-order valence-corrected chi connectivity index (χ2v) is 9.81. The summed E-state index contributed by atoms with van der Waals surface area (Å²) in [5, 5.41) is 0. The molecule has 0 spiro atoms. The molecule has 1 fully saturated rings. The Morgan fingerprint density at radius 1 is 0.968 bits per heavy atom. The molecule has 0 radical (unpaired) electrons. The summed E-state index contributed by atoms with van der Waals surface area (Å²) >= 11 is 0. The van der Waals surface area contributed by atoms with Crippen molar-refractivity contribution in [2.75, 3.05) is 52.1 Å². The lowest BCUT2D eigenvalue weighted by molar-refractivity contribution is -0.133. The molecule has 7 heteroatoms. The summed E-state index contributed by atoms with van der Waals surface area (Å²) in [5.41, 5.74) is 2.23. The van der Waals surface area contributed by atoms with Crippen LogP contribution in [0.2, 0.25) is 0 Å². The third kappa shape index (κ3) is 7.61. The quantitative estimate of drug-likeness (QED) is 0.599. The van der Waals surface area contributed by atoms with Crippen LogP contribution in [0.1, 0.15) is 11.1 Å². The lowest BCUT2D eigenvalue weighted by Crippen LogP contribution is -2.51. The second kappa shape index (κ2) is 11.2. The van der Waals surface area contributed by atoms with E-state index in [2.05, 4.69) is 29.2 Å². The molecule has 0 saturated carbocycles.